The van der Waals surface area contributed by atoms with Crippen molar-refractivity contribution in [2.75, 3.05) is 13.1 Å². The van der Waals surface area contributed by atoms with Gasteiger partial charge in [-0.05, 0) is 54.7 Å². The number of halogens is 1. The highest BCUT2D eigenvalue weighted by atomic mass is 79.9. The Hall–Kier alpha value is -0.390. The van der Waals surface area contributed by atoms with E-state index >= 15 is 0 Å². The molecule has 2 aliphatic heterocycles. The second-order valence-electron chi connectivity index (χ2n) is 5.07. The molecule has 0 saturated carbocycles. The molecule has 1 aromatic rings. The molecular formula is C12H19BrN4. The SMILES string of the molecule is NC1CCCn2c(C3CCNCC3)nc(Br)c21. The number of piperidine rings is 1. The number of fused-ring (bicyclic) bond motifs is 1. The van der Waals surface area contributed by atoms with E-state index in [0.29, 0.717) is 5.92 Å². The van der Waals surface area contributed by atoms with Crippen LogP contribution in [-0.4, -0.2) is 22.6 Å². The summed E-state index contributed by atoms with van der Waals surface area (Å²) < 4.78 is 3.34. The Kier molecular flexibility index (Phi) is 3.23. The van der Waals surface area contributed by atoms with Gasteiger partial charge >= 0.3 is 0 Å². The molecular weight excluding hydrogens is 280 g/mol. The largest absolute Gasteiger partial charge is 0.329 e. The number of aromatic nitrogens is 2. The summed E-state index contributed by atoms with van der Waals surface area (Å²) in [6.07, 6.45) is 4.64. The van der Waals surface area contributed by atoms with Gasteiger partial charge in [0.05, 0.1) is 5.69 Å². The molecule has 3 heterocycles. The summed E-state index contributed by atoms with van der Waals surface area (Å²) >= 11 is 3.58. The van der Waals surface area contributed by atoms with Crippen LogP contribution < -0.4 is 11.1 Å². The van der Waals surface area contributed by atoms with Crippen LogP contribution in [0.1, 0.15) is 49.2 Å². The molecule has 3 rings (SSSR count). The molecule has 4 nitrogen and oxygen atoms in total. The van der Waals surface area contributed by atoms with E-state index in [1.54, 1.807) is 0 Å². The highest BCUT2D eigenvalue weighted by molar-refractivity contribution is 9.10. The zero-order valence-corrected chi connectivity index (χ0v) is 11.5. The van der Waals surface area contributed by atoms with Crippen LogP contribution in [-0.2, 0) is 6.54 Å². The van der Waals surface area contributed by atoms with E-state index < -0.39 is 0 Å². The molecule has 1 unspecified atom stereocenters. The molecule has 0 radical (unpaired) electrons. The highest BCUT2D eigenvalue weighted by Crippen LogP contribution is 2.35. The topological polar surface area (TPSA) is 55.9 Å². The van der Waals surface area contributed by atoms with E-state index in [9.17, 15) is 0 Å². The van der Waals surface area contributed by atoms with Crippen LogP contribution in [0.3, 0.4) is 0 Å². The minimum absolute atomic E-state index is 0.154. The van der Waals surface area contributed by atoms with Crippen molar-refractivity contribution in [2.24, 2.45) is 5.73 Å². The van der Waals surface area contributed by atoms with Crippen LogP contribution in [0, 0.1) is 0 Å². The maximum atomic E-state index is 6.19. The van der Waals surface area contributed by atoms with E-state index in [1.807, 2.05) is 0 Å². The third-order valence-electron chi connectivity index (χ3n) is 3.94. The van der Waals surface area contributed by atoms with Crippen LogP contribution in [0.4, 0.5) is 0 Å². The van der Waals surface area contributed by atoms with Crippen molar-refractivity contribution >= 4 is 15.9 Å². The number of rotatable bonds is 1. The lowest BCUT2D eigenvalue weighted by molar-refractivity contribution is 0.400. The molecule has 3 N–H and O–H groups in total. The fourth-order valence-corrected chi connectivity index (χ4v) is 3.73. The smallest absolute Gasteiger partial charge is 0.129 e. The average molecular weight is 299 g/mol. The van der Waals surface area contributed by atoms with E-state index in [0.717, 1.165) is 30.7 Å². The molecule has 94 valence electrons. The molecule has 1 saturated heterocycles. The number of imidazole rings is 1. The minimum atomic E-state index is 0.154. The zero-order chi connectivity index (χ0) is 11.8. The Bertz CT molecular complexity index is 409. The van der Waals surface area contributed by atoms with E-state index in [-0.39, 0.29) is 6.04 Å². The van der Waals surface area contributed by atoms with Gasteiger partial charge in [0.25, 0.3) is 0 Å². The monoisotopic (exact) mass is 298 g/mol. The lowest BCUT2D eigenvalue weighted by atomic mass is 9.96. The predicted octanol–water partition coefficient (Wildman–Crippen LogP) is 1.91. The molecule has 1 aromatic heterocycles. The third-order valence-corrected chi connectivity index (χ3v) is 4.53. The first-order valence-electron chi connectivity index (χ1n) is 6.49. The molecule has 17 heavy (non-hydrogen) atoms. The summed E-state index contributed by atoms with van der Waals surface area (Å²) in [6.45, 7) is 3.30. The lowest BCUT2D eigenvalue weighted by Gasteiger charge is -2.27. The summed E-state index contributed by atoms with van der Waals surface area (Å²) in [6, 6.07) is 0.154. The first-order valence-corrected chi connectivity index (χ1v) is 7.29. The Morgan fingerprint density at radius 1 is 1.29 bits per heavy atom. The first-order chi connectivity index (χ1) is 8.27. The number of hydrogen-bond donors (Lipinski definition) is 2. The molecule has 0 aliphatic carbocycles. The summed E-state index contributed by atoms with van der Waals surface area (Å²) in [5, 5.41) is 3.41. The molecule has 1 atom stereocenters. The van der Waals surface area contributed by atoms with Gasteiger partial charge in [-0.25, -0.2) is 4.98 Å². The number of nitrogens with two attached hydrogens (primary N) is 1. The maximum absolute atomic E-state index is 6.19. The van der Waals surface area contributed by atoms with Gasteiger partial charge in [-0.3, -0.25) is 0 Å². The zero-order valence-electron chi connectivity index (χ0n) is 9.95. The van der Waals surface area contributed by atoms with Gasteiger partial charge in [0, 0.05) is 18.5 Å². The van der Waals surface area contributed by atoms with Crippen molar-refractivity contribution < 1.29 is 0 Å². The quantitative estimate of drug-likeness (QED) is 0.833. The Labute approximate surface area is 110 Å². The second kappa shape index (κ2) is 4.71. The Morgan fingerprint density at radius 3 is 2.82 bits per heavy atom. The molecule has 2 aliphatic rings. The fraction of sp³-hybridized carbons (Fsp3) is 0.750. The van der Waals surface area contributed by atoms with Crippen molar-refractivity contribution in [3.8, 4) is 0 Å². The van der Waals surface area contributed by atoms with Crippen molar-refractivity contribution in [3.63, 3.8) is 0 Å². The van der Waals surface area contributed by atoms with Crippen LogP contribution in [0.2, 0.25) is 0 Å². The van der Waals surface area contributed by atoms with Crippen molar-refractivity contribution in [3.05, 3.63) is 16.1 Å². The predicted molar refractivity (Wildman–Crippen MR) is 70.9 cm³/mol. The van der Waals surface area contributed by atoms with Crippen molar-refractivity contribution in [2.45, 2.75) is 44.2 Å². The fourth-order valence-electron chi connectivity index (χ4n) is 3.04. The van der Waals surface area contributed by atoms with Gasteiger partial charge in [-0.15, -0.1) is 0 Å². The number of nitrogens with zero attached hydrogens (tertiary/aromatic N) is 2. The number of nitrogens with one attached hydrogen (secondary N) is 1. The van der Waals surface area contributed by atoms with Gasteiger partial charge in [-0.2, -0.15) is 0 Å². The van der Waals surface area contributed by atoms with Gasteiger partial charge in [0.1, 0.15) is 10.4 Å². The van der Waals surface area contributed by atoms with Gasteiger partial charge < -0.3 is 15.6 Å². The van der Waals surface area contributed by atoms with Crippen molar-refractivity contribution in [1.29, 1.82) is 0 Å². The van der Waals surface area contributed by atoms with Crippen molar-refractivity contribution in [1.82, 2.24) is 14.9 Å². The molecule has 5 heteroatoms. The maximum Gasteiger partial charge on any atom is 0.129 e. The summed E-state index contributed by atoms with van der Waals surface area (Å²) in [5.74, 6) is 1.86. The minimum Gasteiger partial charge on any atom is -0.329 e. The molecule has 0 amide bonds. The second-order valence-corrected chi connectivity index (χ2v) is 5.82. The summed E-state index contributed by atoms with van der Waals surface area (Å²) in [4.78, 5) is 4.74. The van der Waals surface area contributed by atoms with E-state index in [1.165, 1.54) is 30.8 Å². The molecule has 0 spiro atoms. The van der Waals surface area contributed by atoms with E-state index in [2.05, 4.69) is 25.8 Å². The summed E-state index contributed by atoms with van der Waals surface area (Å²) in [5.41, 5.74) is 7.40. The lowest BCUT2D eigenvalue weighted by Crippen LogP contribution is -2.29. The van der Waals surface area contributed by atoms with Crippen LogP contribution in [0.15, 0.2) is 4.60 Å². The van der Waals surface area contributed by atoms with Crippen LogP contribution >= 0.6 is 15.9 Å². The molecule has 1 fully saturated rings. The third kappa shape index (κ3) is 2.04. The van der Waals surface area contributed by atoms with Crippen LogP contribution in [0.25, 0.3) is 0 Å². The van der Waals surface area contributed by atoms with Gasteiger partial charge in [-0.1, -0.05) is 0 Å². The van der Waals surface area contributed by atoms with E-state index in [4.69, 9.17) is 10.7 Å². The van der Waals surface area contributed by atoms with Crippen LogP contribution in [0.5, 0.6) is 0 Å². The molecule has 0 bridgehead atoms. The Morgan fingerprint density at radius 2 is 2.06 bits per heavy atom. The Balaban J connectivity index is 1.97. The number of hydrogen-bond acceptors (Lipinski definition) is 3. The highest BCUT2D eigenvalue weighted by Gasteiger charge is 2.28. The molecule has 0 aromatic carbocycles. The first kappa shape index (κ1) is 11.7. The van der Waals surface area contributed by atoms with Gasteiger partial charge in [0.2, 0.25) is 0 Å². The normalized spacial score (nSPS) is 25.9. The average Bonchev–Trinajstić information content (AvgIpc) is 2.69. The van der Waals surface area contributed by atoms with Gasteiger partial charge in [0.15, 0.2) is 0 Å². The summed E-state index contributed by atoms with van der Waals surface area (Å²) in [7, 11) is 0. The standard InChI is InChI=1S/C12H19BrN4/c13-11-10-9(14)2-1-7-17(10)12(16-11)8-3-5-15-6-4-8/h8-9,15H,1-7,14H2.